The minimum absolute atomic E-state index is 0.324. The third-order valence-corrected chi connectivity index (χ3v) is 3.58. The largest absolute Gasteiger partial charge is 0.330 e. The van der Waals surface area contributed by atoms with E-state index in [1.165, 1.54) is 0 Å². The molecule has 0 aromatic carbocycles. The number of rotatable bonds is 2. The molecule has 2 rings (SSSR count). The van der Waals surface area contributed by atoms with Crippen molar-refractivity contribution in [2.75, 3.05) is 6.54 Å². The van der Waals surface area contributed by atoms with E-state index in [1.807, 2.05) is 5.32 Å². The lowest BCUT2D eigenvalue weighted by Gasteiger charge is -2.41. The highest BCUT2D eigenvalue weighted by molar-refractivity contribution is 6.19. The van der Waals surface area contributed by atoms with Crippen LogP contribution in [0.4, 0.5) is 13.6 Å². The maximum absolute atomic E-state index is 12.4. The Labute approximate surface area is 103 Å². The molecular weight excluding hydrogens is 246 g/mol. The molecule has 1 spiro atoms. The van der Waals surface area contributed by atoms with Crippen LogP contribution in [0.3, 0.4) is 0 Å². The van der Waals surface area contributed by atoms with Gasteiger partial charge in [0, 0.05) is 0 Å². The zero-order valence-corrected chi connectivity index (χ0v) is 9.75. The van der Waals surface area contributed by atoms with Gasteiger partial charge in [-0.05, 0) is 12.8 Å². The summed E-state index contributed by atoms with van der Waals surface area (Å²) in [6, 6.07) is -1.04. The average Bonchev–Trinajstić information content (AvgIpc) is 2.34. The number of hydrogen-bond donors (Lipinski definition) is 1. The third kappa shape index (κ3) is 1.97. The highest BCUT2D eigenvalue weighted by Gasteiger charge is 2.54. The normalized spacial score (nSPS) is 23.7. The van der Waals surface area contributed by atoms with Crippen LogP contribution in [0.5, 0.6) is 0 Å². The van der Waals surface area contributed by atoms with E-state index in [2.05, 4.69) is 0 Å². The quantitative estimate of drug-likeness (QED) is 0.760. The minimum atomic E-state index is -2.80. The molecule has 5 nitrogen and oxygen atoms in total. The number of barbiturate groups is 1. The van der Waals surface area contributed by atoms with Gasteiger partial charge < -0.3 is 0 Å². The second-order valence-electron chi connectivity index (χ2n) is 4.71. The Kier molecular flexibility index (Phi) is 3.32. The van der Waals surface area contributed by atoms with Gasteiger partial charge in [-0.15, -0.1) is 0 Å². The summed E-state index contributed by atoms with van der Waals surface area (Å²) in [6.45, 7) is -0.959. The van der Waals surface area contributed by atoms with Crippen molar-refractivity contribution in [3.8, 4) is 0 Å². The van der Waals surface area contributed by atoms with Crippen LogP contribution in [0.1, 0.15) is 32.1 Å². The van der Waals surface area contributed by atoms with Gasteiger partial charge in [0.25, 0.3) is 6.43 Å². The Bertz CT molecular complexity index is 392. The molecule has 7 heteroatoms. The lowest BCUT2D eigenvalue weighted by Crippen LogP contribution is -2.64. The smallest absolute Gasteiger partial charge is 0.277 e. The summed E-state index contributed by atoms with van der Waals surface area (Å²) in [5, 5.41) is 2.02. The lowest BCUT2D eigenvalue weighted by molar-refractivity contribution is -0.155. The van der Waals surface area contributed by atoms with Crippen molar-refractivity contribution in [3.63, 3.8) is 0 Å². The van der Waals surface area contributed by atoms with Gasteiger partial charge >= 0.3 is 6.03 Å². The molecule has 0 bridgehead atoms. The molecule has 18 heavy (non-hydrogen) atoms. The van der Waals surface area contributed by atoms with Gasteiger partial charge in [-0.1, -0.05) is 19.3 Å². The van der Waals surface area contributed by atoms with Crippen LogP contribution in [0.25, 0.3) is 0 Å². The van der Waals surface area contributed by atoms with E-state index in [0.29, 0.717) is 30.6 Å². The Balaban J connectivity index is 2.27. The monoisotopic (exact) mass is 260 g/mol. The topological polar surface area (TPSA) is 66.5 Å². The predicted molar refractivity (Wildman–Crippen MR) is 56.8 cm³/mol. The molecule has 1 saturated carbocycles. The minimum Gasteiger partial charge on any atom is -0.277 e. The van der Waals surface area contributed by atoms with Crippen LogP contribution >= 0.6 is 0 Å². The van der Waals surface area contributed by atoms with Gasteiger partial charge in [-0.2, -0.15) is 0 Å². The van der Waals surface area contributed by atoms with Crippen molar-refractivity contribution in [2.45, 2.75) is 38.5 Å². The first-order valence-corrected chi connectivity index (χ1v) is 5.93. The Morgan fingerprint density at radius 3 is 2.33 bits per heavy atom. The highest BCUT2D eigenvalue weighted by Crippen LogP contribution is 2.40. The molecule has 0 atom stereocenters. The fraction of sp³-hybridized carbons (Fsp3) is 0.727. The molecule has 1 aliphatic carbocycles. The molecule has 1 aliphatic heterocycles. The molecule has 4 amide bonds. The second kappa shape index (κ2) is 4.62. The van der Waals surface area contributed by atoms with Crippen LogP contribution in [0.15, 0.2) is 0 Å². The van der Waals surface area contributed by atoms with Crippen molar-refractivity contribution in [3.05, 3.63) is 0 Å². The van der Waals surface area contributed by atoms with Gasteiger partial charge in [0.2, 0.25) is 11.8 Å². The lowest BCUT2D eigenvalue weighted by atomic mass is 9.71. The van der Waals surface area contributed by atoms with Gasteiger partial charge in [-0.3, -0.25) is 19.8 Å². The maximum atomic E-state index is 12.4. The molecule has 0 aromatic rings. The average molecular weight is 260 g/mol. The van der Waals surface area contributed by atoms with E-state index in [4.69, 9.17) is 0 Å². The molecule has 0 aromatic heterocycles. The Morgan fingerprint density at radius 1 is 1.17 bits per heavy atom. The zero-order chi connectivity index (χ0) is 13.3. The second-order valence-corrected chi connectivity index (χ2v) is 4.71. The summed E-state index contributed by atoms with van der Waals surface area (Å²) in [6.07, 6.45) is 0.139. The summed E-state index contributed by atoms with van der Waals surface area (Å²) in [5.74, 6) is -1.40. The van der Waals surface area contributed by atoms with E-state index in [-0.39, 0.29) is 0 Å². The first-order chi connectivity index (χ1) is 8.47. The number of carbonyl (C=O) groups excluding carboxylic acids is 3. The number of imide groups is 2. The molecular formula is C11H14F2N2O3. The molecule has 1 saturated heterocycles. The standard InChI is InChI=1S/C11H14F2N2O3/c12-7(13)6-15-9(17)11(4-2-1-3-5-11)8(16)14-10(15)18/h7H,1-6H2,(H,14,16,18). The number of nitrogens with one attached hydrogen (secondary N) is 1. The SMILES string of the molecule is O=C1NC(=O)C2(CCCCC2)C(=O)N1CC(F)F. The number of halogens is 2. The van der Waals surface area contributed by atoms with Crippen LogP contribution in [0.2, 0.25) is 0 Å². The molecule has 2 aliphatic rings. The summed E-state index contributed by atoms with van der Waals surface area (Å²) >= 11 is 0. The zero-order valence-electron chi connectivity index (χ0n) is 9.75. The first-order valence-electron chi connectivity index (χ1n) is 5.93. The third-order valence-electron chi connectivity index (χ3n) is 3.58. The number of nitrogens with zero attached hydrogens (tertiary/aromatic N) is 1. The van der Waals surface area contributed by atoms with Crippen molar-refractivity contribution < 1.29 is 23.2 Å². The van der Waals surface area contributed by atoms with Gasteiger partial charge in [0.05, 0.1) is 6.54 Å². The Morgan fingerprint density at radius 2 is 1.78 bits per heavy atom. The number of amides is 4. The number of carbonyl (C=O) groups is 3. The fourth-order valence-electron chi connectivity index (χ4n) is 2.63. The number of hydrogen-bond acceptors (Lipinski definition) is 3. The summed E-state index contributed by atoms with van der Waals surface area (Å²) in [4.78, 5) is 35.9. The number of urea groups is 1. The van der Waals surface area contributed by atoms with E-state index in [0.717, 1.165) is 6.42 Å². The molecule has 1 heterocycles. The van der Waals surface area contributed by atoms with Crippen LogP contribution in [-0.4, -0.2) is 35.7 Å². The van der Waals surface area contributed by atoms with Crippen molar-refractivity contribution >= 4 is 17.8 Å². The van der Waals surface area contributed by atoms with Gasteiger partial charge in [0.1, 0.15) is 5.41 Å². The van der Waals surface area contributed by atoms with E-state index < -0.39 is 36.2 Å². The highest BCUT2D eigenvalue weighted by atomic mass is 19.3. The Hall–Kier alpha value is -1.53. The molecule has 100 valence electrons. The predicted octanol–water partition coefficient (Wildman–Crippen LogP) is 1.28. The molecule has 0 radical (unpaired) electrons. The summed E-state index contributed by atoms with van der Waals surface area (Å²) < 4.78 is 24.7. The molecule has 0 unspecified atom stereocenters. The van der Waals surface area contributed by atoms with E-state index in [1.54, 1.807) is 0 Å². The van der Waals surface area contributed by atoms with Crippen LogP contribution in [0, 0.1) is 5.41 Å². The van der Waals surface area contributed by atoms with Crippen molar-refractivity contribution in [1.29, 1.82) is 0 Å². The first kappa shape index (κ1) is 12.9. The molecule has 1 N–H and O–H groups in total. The van der Waals surface area contributed by atoms with Crippen molar-refractivity contribution in [1.82, 2.24) is 10.2 Å². The molecule has 2 fully saturated rings. The van der Waals surface area contributed by atoms with Crippen molar-refractivity contribution in [2.24, 2.45) is 5.41 Å². The fourth-order valence-corrected chi connectivity index (χ4v) is 2.63. The number of alkyl halides is 2. The van der Waals surface area contributed by atoms with Crippen LogP contribution < -0.4 is 5.32 Å². The van der Waals surface area contributed by atoms with Gasteiger partial charge in [0.15, 0.2) is 0 Å². The van der Waals surface area contributed by atoms with E-state index >= 15 is 0 Å². The van der Waals surface area contributed by atoms with E-state index in [9.17, 15) is 23.2 Å². The summed E-state index contributed by atoms with van der Waals surface area (Å²) in [5.41, 5.74) is -1.30. The van der Waals surface area contributed by atoms with Crippen LogP contribution in [-0.2, 0) is 9.59 Å². The maximum Gasteiger partial charge on any atom is 0.330 e. The van der Waals surface area contributed by atoms with Gasteiger partial charge in [-0.25, -0.2) is 13.6 Å². The summed E-state index contributed by atoms with van der Waals surface area (Å²) in [7, 11) is 0.